The zero-order chi connectivity index (χ0) is 24.3. The molecule has 0 radical (unpaired) electrons. The number of benzene rings is 2. The van der Waals surface area contributed by atoms with Gasteiger partial charge in [-0.05, 0) is 54.0 Å². The molecule has 0 spiro atoms. The molecule has 8 heteroatoms. The van der Waals surface area contributed by atoms with Crippen molar-refractivity contribution in [3.8, 4) is 17.2 Å². The van der Waals surface area contributed by atoms with Crippen LogP contribution in [0.1, 0.15) is 43.6 Å². The molecule has 2 saturated carbocycles. The number of ether oxygens (including phenoxy) is 1. The Labute approximate surface area is 202 Å². The molecular weight excluding hydrogens is 456 g/mol. The van der Waals surface area contributed by atoms with Crippen LogP contribution in [-0.4, -0.2) is 36.1 Å². The second-order valence-corrected chi connectivity index (χ2v) is 10.4. The van der Waals surface area contributed by atoms with Gasteiger partial charge < -0.3 is 10.1 Å². The van der Waals surface area contributed by atoms with Crippen LogP contribution in [0.3, 0.4) is 0 Å². The molecule has 2 atom stereocenters. The van der Waals surface area contributed by atoms with E-state index in [-0.39, 0.29) is 30.1 Å². The van der Waals surface area contributed by atoms with Crippen LogP contribution in [0.25, 0.3) is 11.1 Å². The maximum absolute atomic E-state index is 14.2. The second-order valence-electron chi connectivity index (χ2n) is 8.93. The van der Waals surface area contributed by atoms with Crippen LogP contribution in [0.2, 0.25) is 0 Å². The Kier molecular flexibility index (Phi) is 6.94. The Balaban J connectivity index is 1.60. The van der Waals surface area contributed by atoms with E-state index in [2.05, 4.69) is 5.32 Å². The summed E-state index contributed by atoms with van der Waals surface area (Å²) < 4.78 is 33.4. The van der Waals surface area contributed by atoms with E-state index < -0.39 is 24.2 Å². The van der Waals surface area contributed by atoms with Crippen LogP contribution in [0.15, 0.2) is 53.4 Å². The Morgan fingerprint density at radius 1 is 1.21 bits per heavy atom. The summed E-state index contributed by atoms with van der Waals surface area (Å²) in [6.07, 6.45) is 1.24. The number of carbonyl (C=O) groups is 1. The van der Waals surface area contributed by atoms with E-state index in [1.54, 1.807) is 11.8 Å². The number of halogens is 2. The largest absolute Gasteiger partial charge is 0.483 e. The summed E-state index contributed by atoms with van der Waals surface area (Å²) in [5.74, 6) is -4.36. The van der Waals surface area contributed by atoms with Crippen molar-refractivity contribution in [3.63, 3.8) is 0 Å². The van der Waals surface area contributed by atoms with Crippen molar-refractivity contribution in [2.75, 3.05) is 13.7 Å². The number of carbonyl (C=O) groups excluding carboxylic acids is 1. The molecule has 2 N–H and O–H groups in total. The van der Waals surface area contributed by atoms with E-state index in [0.29, 0.717) is 5.90 Å². The third kappa shape index (κ3) is 5.10. The first-order chi connectivity index (χ1) is 16.3. The smallest absolute Gasteiger partial charge is 0.249 e. The van der Waals surface area contributed by atoms with Crippen LogP contribution >= 0.6 is 11.8 Å². The number of rotatable bonds is 7. The van der Waals surface area contributed by atoms with E-state index in [1.165, 1.54) is 7.11 Å². The van der Waals surface area contributed by atoms with Gasteiger partial charge in [0.2, 0.25) is 11.8 Å². The van der Waals surface area contributed by atoms with Crippen molar-refractivity contribution in [3.05, 3.63) is 54.1 Å². The lowest BCUT2D eigenvalue weighted by Gasteiger charge is -2.36. The molecule has 2 fully saturated rings. The predicted octanol–water partition coefficient (Wildman–Crippen LogP) is 5.76. The Morgan fingerprint density at radius 3 is 2.56 bits per heavy atom. The number of hydrogen-bond donors (Lipinski definition) is 2. The summed E-state index contributed by atoms with van der Waals surface area (Å²) in [5, 5.41) is 19.3. The SMILES string of the molecule is COC(=N)C1(Sc2ccc(-c3ccccc3[C@@H]3CCC(F)(F)C[C@H]3C(=O)NCC#N)cc2)CC1. The normalized spacial score (nSPS) is 22.3. The van der Waals surface area contributed by atoms with Crippen molar-refractivity contribution < 1.29 is 18.3 Å². The molecular formula is C26H27F2N3O2S. The topological polar surface area (TPSA) is 86.0 Å². The van der Waals surface area contributed by atoms with Gasteiger partial charge in [0.15, 0.2) is 5.90 Å². The highest BCUT2D eigenvalue weighted by Gasteiger charge is 2.49. The summed E-state index contributed by atoms with van der Waals surface area (Å²) in [6.45, 7) is -0.198. The molecule has 34 heavy (non-hydrogen) atoms. The molecule has 178 valence electrons. The highest BCUT2D eigenvalue weighted by Crippen LogP contribution is 2.53. The van der Waals surface area contributed by atoms with Gasteiger partial charge in [0, 0.05) is 17.7 Å². The van der Waals surface area contributed by atoms with Crippen LogP contribution in [0.5, 0.6) is 0 Å². The van der Waals surface area contributed by atoms with Gasteiger partial charge >= 0.3 is 0 Å². The fraction of sp³-hybridized carbons (Fsp3) is 0.423. The fourth-order valence-corrected chi connectivity index (χ4v) is 5.93. The minimum absolute atomic E-state index is 0.198. The molecule has 2 aromatic carbocycles. The molecule has 0 aromatic heterocycles. The monoisotopic (exact) mass is 483 g/mol. The van der Waals surface area contributed by atoms with Gasteiger partial charge in [0.25, 0.3) is 0 Å². The highest BCUT2D eigenvalue weighted by molar-refractivity contribution is 8.01. The molecule has 0 unspecified atom stereocenters. The Bertz CT molecular complexity index is 1110. The van der Waals surface area contributed by atoms with Gasteiger partial charge in [-0.15, -0.1) is 11.8 Å². The zero-order valence-electron chi connectivity index (χ0n) is 18.9. The van der Waals surface area contributed by atoms with E-state index >= 15 is 0 Å². The van der Waals surface area contributed by atoms with E-state index in [9.17, 15) is 13.6 Å². The van der Waals surface area contributed by atoms with Crippen LogP contribution in [0, 0.1) is 22.7 Å². The number of methoxy groups -OCH3 is 1. The van der Waals surface area contributed by atoms with Crippen molar-refractivity contribution in [2.45, 2.75) is 53.6 Å². The fourth-order valence-electron chi connectivity index (χ4n) is 4.73. The average molecular weight is 484 g/mol. The maximum Gasteiger partial charge on any atom is 0.249 e. The van der Waals surface area contributed by atoms with Crippen LogP contribution in [-0.2, 0) is 9.53 Å². The first kappa shape index (κ1) is 24.2. The molecule has 0 bridgehead atoms. The minimum atomic E-state index is -2.90. The van der Waals surface area contributed by atoms with E-state index in [0.717, 1.165) is 34.4 Å². The quantitative estimate of drug-likeness (QED) is 0.298. The van der Waals surface area contributed by atoms with Gasteiger partial charge in [-0.3, -0.25) is 10.2 Å². The molecule has 2 aliphatic rings. The summed E-state index contributed by atoms with van der Waals surface area (Å²) in [7, 11) is 1.53. The van der Waals surface area contributed by atoms with Crippen LogP contribution < -0.4 is 5.32 Å². The van der Waals surface area contributed by atoms with E-state index in [4.69, 9.17) is 15.4 Å². The number of alkyl halides is 2. The summed E-state index contributed by atoms with van der Waals surface area (Å²) >= 11 is 1.63. The number of nitriles is 1. The van der Waals surface area contributed by atoms with Crippen molar-refractivity contribution in [1.29, 1.82) is 10.7 Å². The molecule has 2 aliphatic carbocycles. The number of nitrogens with one attached hydrogen (secondary N) is 2. The second kappa shape index (κ2) is 9.75. The number of thioether (sulfide) groups is 1. The van der Waals surface area contributed by atoms with Gasteiger partial charge in [-0.25, -0.2) is 8.78 Å². The van der Waals surface area contributed by atoms with Crippen molar-refractivity contribution in [1.82, 2.24) is 5.32 Å². The van der Waals surface area contributed by atoms with Crippen molar-refractivity contribution >= 4 is 23.6 Å². The van der Waals surface area contributed by atoms with Gasteiger partial charge in [-0.2, -0.15) is 5.26 Å². The lowest BCUT2D eigenvalue weighted by Crippen LogP contribution is -2.41. The van der Waals surface area contributed by atoms with Gasteiger partial charge in [0.05, 0.1) is 23.8 Å². The first-order valence-electron chi connectivity index (χ1n) is 11.3. The maximum atomic E-state index is 14.2. The number of nitrogens with zero attached hydrogens (tertiary/aromatic N) is 1. The first-order valence-corrected chi connectivity index (χ1v) is 12.1. The van der Waals surface area contributed by atoms with Gasteiger partial charge in [-0.1, -0.05) is 36.4 Å². The molecule has 5 nitrogen and oxygen atoms in total. The summed E-state index contributed by atoms with van der Waals surface area (Å²) in [4.78, 5) is 13.7. The summed E-state index contributed by atoms with van der Waals surface area (Å²) in [5.41, 5.74) is 2.73. The van der Waals surface area contributed by atoms with E-state index in [1.807, 2.05) is 54.6 Å². The molecule has 0 saturated heterocycles. The number of hydrogen-bond acceptors (Lipinski definition) is 5. The Hall–Kier alpha value is -2.92. The minimum Gasteiger partial charge on any atom is -0.483 e. The van der Waals surface area contributed by atoms with Crippen LogP contribution in [0.4, 0.5) is 8.78 Å². The average Bonchev–Trinajstić information content (AvgIpc) is 3.62. The molecule has 0 heterocycles. The highest BCUT2D eigenvalue weighted by atomic mass is 32.2. The van der Waals surface area contributed by atoms with Gasteiger partial charge in [0.1, 0.15) is 6.54 Å². The molecule has 4 rings (SSSR count). The molecule has 1 amide bonds. The Morgan fingerprint density at radius 2 is 1.91 bits per heavy atom. The molecule has 2 aromatic rings. The molecule has 0 aliphatic heterocycles. The zero-order valence-corrected chi connectivity index (χ0v) is 19.8. The lowest BCUT2D eigenvalue weighted by molar-refractivity contribution is -0.133. The lowest BCUT2D eigenvalue weighted by atomic mass is 9.72. The number of amides is 1. The third-order valence-corrected chi connectivity index (χ3v) is 8.16. The predicted molar refractivity (Wildman–Crippen MR) is 128 cm³/mol. The standard InChI is InChI=1S/C26H27F2N3O2S/c1-33-24(30)25(12-13-25)34-18-8-6-17(7-9-18)19-4-2-3-5-20(19)21-10-11-26(27,28)16-22(21)23(32)31-15-14-29/h2-9,21-22,30H,10-13,15-16H2,1H3,(H,31,32)/t21-,22+/m0/s1. The van der Waals surface area contributed by atoms with Crippen molar-refractivity contribution in [2.24, 2.45) is 5.92 Å². The third-order valence-electron chi connectivity index (χ3n) is 6.66. The summed E-state index contributed by atoms with van der Waals surface area (Å²) in [6, 6.07) is 17.5.